The molecule has 1 aliphatic heterocycles. The number of carbonyl (C=O) groups excluding carboxylic acids is 1. The summed E-state index contributed by atoms with van der Waals surface area (Å²) in [7, 11) is 1.46. The van der Waals surface area contributed by atoms with Gasteiger partial charge in [-0.1, -0.05) is 36.8 Å². The number of nitrogens with zero attached hydrogens (tertiary/aromatic N) is 1. The highest BCUT2D eigenvalue weighted by Crippen LogP contribution is 2.21. The zero-order chi connectivity index (χ0) is 14.9. The van der Waals surface area contributed by atoms with Crippen molar-refractivity contribution in [3.05, 3.63) is 35.9 Å². The van der Waals surface area contributed by atoms with Crippen molar-refractivity contribution in [1.82, 2.24) is 4.90 Å². The van der Waals surface area contributed by atoms with Crippen molar-refractivity contribution >= 4 is 5.97 Å². The minimum absolute atomic E-state index is 0.0884. The van der Waals surface area contributed by atoms with Crippen molar-refractivity contribution in [3.8, 4) is 0 Å². The normalized spacial score (nSPS) is 19.4. The molecule has 0 N–H and O–H groups in total. The Morgan fingerprint density at radius 3 is 2.81 bits per heavy atom. The lowest BCUT2D eigenvalue weighted by Crippen LogP contribution is -2.41. The average molecular weight is 289 g/mol. The van der Waals surface area contributed by atoms with Crippen molar-refractivity contribution in [3.63, 3.8) is 0 Å². The molecule has 1 heterocycles. The van der Waals surface area contributed by atoms with Crippen LogP contribution in [0.15, 0.2) is 30.3 Å². The number of piperidine rings is 1. The number of methoxy groups -OCH3 is 1. The van der Waals surface area contributed by atoms with E-state index >= 15 is 0 Å². The van der Waals surface area contributed by atoms with Gasteiger partial charge in [0.25, 0.3) is 0 Å². The molecule has 0 saturated carbocycles. The molecule has 0 aliphatic carbocycles. The highest BCUT2D eigenvalue weighted by atomic mass is 16.5. The minimum Gasteiger partial charge on any atom is -0.469 e. The average Bonchev–Trinajstić information content (AvgIpc) is 2.53. The first kappa shape index (κ1) is 16.0. The maximum absolute atomic E-state index is 11.1. The van der Waals surface area contributed by atoms with Gasteiger partial charge in [-0.2, -0.15) is 0 Å². The Balaban J connectivity index is 1.77. The molecule has 1 atom stereocenters. The zero-order valence-electron chi connectivity index (χ0n) is 13.1. The molecule has 0 amide bonds. The Morgan fingerprint density at radius 1 is 1.24 bits per heavy atom. The third kappa shape index (κ3) is 5.50. The number of hydrogen-bond acceptors (Lipinski definition) is 3. The van der Waals surface area contributed by atoms with E-state index in [0.717, 1.165) is 25.8 Å². The molecule has 1 fully saturated rings. The maximum Gasteiger partial charge on any atom is 0.305 e. The van der Waals surface area contributed by atoms with Crippen LogP contribution in [0.4, 0.5) is 0 Å². The number of likely N-dealkylation sites (tertiary alicyclic amines) is 1. The highest BCUT2D eigenvalue weighted by Gasteiger charge is 2.22. The molecule has 3 heteroatoms. The van der Waals surface area contributed by atoms with Crippen LogP contribution >= 0.6 is 0 Å². The van der Waals surface area contributed by atoms with Gasteiger partial charge < -0.3 is 9.64 Å². The molecule has 0 radical (unpaired) electrons. The second-order valence-electron chi connectivity index (χ2n) is 5.91. The molecule has 0 bridgehead atoms. The second-order valence-corrected chi connectivity index (χ2v) is 5.91. The lowest BCUT2D eigenvalue weighted by Gasteiger charge is -2.36. The van der Waals surface area contributed by atoms with Crippen LogP contribution in [0.2, 0.25) is 0 Å². The monoisotopic (exact) mass is 289 g/mol. The number of hydrogen-bond donors (Lipinski definition) is 0. The Hall–Kier alpha value is -1.35. The molecule has 1 aromatic rings. The smallest absolute Gasteiger partial charge is 0.305 e. The van der Waals surface area contributed by atoms with Gasteiger partial charge in [0.05, 0.1) is 7.11 Å². The van der Waals surface area contributed by atoms with E-state index in [2.05, 4.69) is 40.0 Å². The molecule has 0 spiro atoms. The van der Waals surface area contributed by atoms with Crippen molar-refractivity contribution in [1.29, 1.82) is 0 Å². The largest absolute Gasteiger partial charge is 0.469 e. The predicted octanol–water partition coefficient (Wildman–Crippen LogP) is 3.43. The van der Waals surface area contributed by atoms with Gasteiger partial charge in [-0.3, -0.25) is 4.79 Å². The van der Waals surface area contributed by atoms with E-state index in [1.54, 1.807) is 0 Å². The van der Waals surface area contributed by atoms with Crippen molar-refractivity contribution in [2.75, 3.05) is 20.2 Å². The van der Waals surface area contributed by atoms with Gasteiger partial charge in [0.2, 0.25) is 0 Å². The Morgan fingerprint density at radius 2 is 2.05 bits per heavy atom. The van der Waals surface area contributed by atoms with E-state index in [1.165, 1.54) is 38.5 Å². The van der Waals surface area contributed by atoms with Crippen LogP contribution in [-0.4, -0.2) is 37.1 Å². The zero-order valence-corrected chi connectivity index (χ0v) is 13.1. The fraction of sp³-hybridized carbons (Fsp3) is 0.611. The molecule has 21 heavy (non-hydrogen) atoms. The number of unbranched alkanes of at least 4 members (excludes halogenated alkanes) is 1. The SMILES string of the molecule is COC(=O)CCCCN1CCCCC1Cc1ccccc1. The molecule has 3 nitrogen and oxygen atoms in total. The molecule has 1 saturated heterocycles. The second kappa shape index (κ2) is 8.83. The summed E-state index contributed by atoms with van der Waals surface area (Å²) in [6, 6.07) is 11.4. The number of carbonyl (C=O) groups is 1. The number of esters is 1. The van der Waals surface area contributed by atoms with E-state index in [9.17, 15) is 4.79 Å². The van der Waals surface area contributed by atoms with Crippen molar-refractivity contribution < 1.29 is 9.53 Å². The Labute approximate surface area is 128 Å². The van der Waals surface area contributed by atoms with Gasteiger partial charge in [-0.15, -0.1) is 0 Å². The lowest BCUT2D eigenvalue weighted by molar-refractivity contribution is -0.140. The predicted molar refractivity (Wildman–Crippen MR) is 85.2 cm³/mol. The summed E-state index contributed by atoms with van der Waals surface area (Å²) in [6.45, 7) is 2.31. The number of rotatable bonds is 7. The van der Waals surface area contributed by atoms with Crippen LogP contribution in [0.5, 0.6) is 0 Å². The standard InChI is InChI=1S/C18H27NO2/c1-21-18(20)12-6-8-14-19-13-7-5-11-17(19)15-16-9-3-2-4-10-16/h2-4,9-10,17H,5-8,11-15H2,1H3. The summed E-state index contributed by atoms with van der Waals surface area (Å²) >= 11 is 0. The topological polar surface area (TPSA) is 29.5 Å². The van der Waals surface area contributed by atoms with Crippen LogP contribution in [0.25, 0.3) is 0 Å². The summed E-state index contributed by atoms with van der Waals surface area (Å²) in [4.78, 5) is 13.8. The maximum atomic E-state index is 11.1. The van der Waals surface area contributed by atoms with Crippen LogP contribution in [0.1, 0.15) is 44.1 Å². The third-order valence-electron chi connectivity index (χ3n) is 4.37. The van der Waals surface area contributed by atoms with E-state index < -0.39 is 0 Å². The minimum atomic E-state index is -0.0884. The molecule has 116 valence electrons. The summed E-state index contributed by atoms with van der Waals surface area (Å²) in [5, 5.41) is 0. The van der Waals surface area contributed by atoms with Gasteiger partial charge in [0.1, 0.15) is 0 Å². The van der Waals surface area contributed by atoms with E-state index in [0.29, 0.717) is 12.5 Å². The quantitative estimate of drug-likeness (QED) is 0.569. The molecular weight excluding hydrogens is 262 g/mol. The van der Waals surface area contributed by atoms with E-state index in [4.69, 9.17) is 0 Å². The van der Waals surface area contributed by atoms with Crippen LogP contribution in [0, 0.1) is 0 Å². The summed E-state index contributed by atoms with van der Waals surface area (Å²) in [6.07, 6.45) is 7.66. The van der Waals surface area contributed by atoms with Gasteiger partial charge in [-0.05, 0) is 50.8 Å². The summed E-state index contributed by atoms with van der Waals surface area (Å²) < 4.78 is 4.69. The first-order valence-electron chi connectivity index (χ1n) is 8.14. The van der Waals surface area contributed by atoms with Crippen molar-refractivity contribution in [2.45, 2.75) is 51.0 Å². The highest BCUT2D eigenvalue weighted by molar-refractivity contribution is 5.68. The molecule has 1 aliphatic rings. The third-order valence-corrected chi connectivity index (χ3v) is 4.37. The van der Waals surface area contributed by atoms with Gasteiger partial charge in [0.15, 0.2) is 0 Å². The first-order chi connectivity index (χ1) is 10.3. The lowest BCUT2D eigenvalue weighted by atomic mass is 9.95. The fourth-order valence-corrected chi connectivity index (χ4v) is 3.16. The van der Waals surface area contributed by atoms with E-state index in [-0.39, 0.29) is 5.97 Å². The fourth-order valence-electron chi connectivity index (χ4n) is 3.16. The molecule has 2 rings (SSSR count). The molecule has 1 aromatic carbocycles. The van der Waals surface area contributed by atoms with Crippen LogP contribution < -0.4 is 0 Å². The van der Waals surface area contributed by atoms with Gasteiger partial charge >= 0.3 is 5.97 Å². The van der Waals surface area contributed by atoms with Gasteiger partial charge in [0, 0.05) is 12.5 Å². The van der Waals surface area contributed by atoms with Gasteiger partial charge in [-0.25, -0.2) is 0 Å². The summed E-state index contributed by atoms with van der Waals surface area (Å²) in [5.41, 5.74) is 1.43. The molecular formula is C18H27NO2. The van der Waals surface area contributed by atoms with Crippen LogP contribution in [0.3, 0.4) is 0 Å². The number of benzene rings is 1. The summed E-state index contributed by atoms with van der Waals surface area (Å²) in [5.74, 6) is -0.0884. The van der Waals surface area contributed by atoms with E-state index in [1.807, 2.05) is 0 Å². The number of ether oxygens (including phenoxy) is 1. The Kier molecular flexibility index (Phi) is 6.74. The van der Waals surface area contributed by atoms with Crippen molar-refractivity contribution in [2.24, 2.45) is 0 Å². The molecule has 0 aromatic heterocycles. The first-order valence-corrected chi connectivity index (χ1v) is 8.14. The van der Waals surface area contributed by atoms with Crippen LogP contribution in [-0.2, 0) is 16.0 Å². The Bertz CT molecular complexity index is 418. The molecule has 1 unspecified atom stereocenters.